The molecule has 0 aliphatic carbocycles. The Morgan fingerprint density at radius 3 is 1.65 bits per heavy atom. The van der Waals surface area contributed by atoms with Gasteiger partial charge in [-0.2, -0.15) is 0 Å². The summed E-state index contributed by atoms with van der Waals surface area (Å²) in [5.41, 5.74) is 2.44. The average Bonchev–Trinajstić information content (AvgIpc) is 2.60. The lowest BCUT2D eigenvalue weighted by Crippen LogP contribution is -2.69. The minimum atomic E-state index is -0.255. The molecule has 0 saturated carbocycles. The van der Waals surface area contributed by atoms with Gasteiger partial charge in [0.2, 0.25) is 0 Å². The molecule has 0 amide bonds. The Kier molecular flexibility index (Phi) is 4.42. The molecule has 2 aliphatic rings. The highest BCUT2D eigenvalue weighted by Crippen LogP contribution is 2.48. The van der Waals surface area contributed by atoms with Crippen molar-refractivity contribution < 1.29 is 5.11 Å². The molecule has 0 spiro atoms. The van der Waals surface area contributed by atoms with E-state index in [1.165, 1.54) is 11.1 Å². The van der Waals surface area contributed by atoms with Gasteiger partial charge in [-0.25, -0.2) is 0 Å². The zero-order valence-electron chi connectivity index (χ0n) is 16.1. The van der Waals surface area contributed by atoms with Crippen molar-refractivity contribution in [3.8, 4) is 0 Å². The van der Waals surface area contributed by atoms with Crippen LogP contribution in [0.25, 0.3) is 0 Å². The molecule has 2 heterocycles. The van der Waals surface area contributed by atoms with E-state index in [1.807, 2.05) is 0 Å². The van der Waals surface area contributed by atoms with Crippen LogP contribution in [0.15, 0.2) is 60.7 Å². The molecule has 2 aromatic carbocycles. The summed E-state index contributed by atoms with van der Waals surface area (Å²) in [6.45, 7) is 8.20. The van der Waals surface area contributed by atoms with E-state index >= 15 is 0 Å². The smallest absolute Gasteiger partial charge is 0.0696 e. The first kappa shape index (κ1) is 17.7. The number of aliphatic hydroxyl groups excluding tert-OH is 1. The third-order valence-corrected chi connectivity index (χ3v) is 6.31. The SMILES string of the molecule is CN1C[C@@]2(C)CN(C(c3ccccc3)c3ccccc3)C[C@](C)(C1)C2O. The van der Waals surface area contributed by atoms with Gasteiger partial charge in [0.05, 0.1) is 12.1 Å². The molecule has 0 unspecified atom stereocenters. The summed E-state index contributed by atoms with van der Waals surface area (Å²) in [4.78, 5) is 4.99. The van der Waals surface area contributed by atoms with Gasteiger partial charge >= 0.3 is 0 Å². The summed E-state index contributed by atoms with van der Waals surface area (Å²) in [6, 6.07) is 21.8. The Morgan fingerprint density at radius 1 is 0.808 bits per heavy atom. The third-order valence-electron chi connectivity index (χ3n) is 6.31. The number of nitrogens with zero attached hydrogens (tertiary/aromatic N) is 2. The second kappa shape index (κ2) is 6.49. The molecule has 3 nitrogen and oxygen atoms in total. The predicted molar refractivity (Wildman–Crippen MR) is 106 cm³/mol. The van der Waals surface area contributed by atoms with Crippen molar-refractivity contribution in [2.75, 3.05) is 33.2 Å². The number of aliphatic hydroxyl groups is 1. The molecule has 2 aliphatic heterocycles. The fourth-order valence-corrected chi connectivity index (χ4v) is 5.63. The van der Waals surface area contributed by atoms with Gasteiger partial charge in [-0.15, -0.1) is 0 Å². The van der Waals surface area contributed by atoms with Crippen LogP contribution in [0.3, 0.4) is 0 Å². The minimum Gasteiger partial charge on any atom is -0.392 e. The van der Waals surface area contributed by atoms with E-state index in [1.54, 1.807) is 0 Å². The van der Waals surface area contributed by atoms with E-state index in [2.05, 4.69) is 91.4 Å². The molecule has 1 N–H and O–H groups in total. The van der Waals surface area contributed by atoms with E-state index in [-0.39, 0.29) is 23.0 Å². The van der Waals surface area contributed by atoms with Crippen LogP contribution in [0.1, 0.15) is 31.0 Å². The lowest BCUT2D eigenvalue weighted by molar-refractivity contribution is -0.175. The molecule has 4 rings (SSSR count). The second-order valence-corrected chi connectivity index (χ2v) is 9.01. The Hall–Kier alpha value is -1.68. The largest absolute Gasteiger partial charge is 0.392 e. The summed E-state index contributed by atoms with van der Waals surface area (Å²) >= 11 is 0. The molecule has 2 bridgehead atoms. The number of hydrogen-bond acceptors (Lipinski definition) is 3. The van der Waals surface area contributed by atoms with E-state index < -0.39 is 0 Å². The maximum Gasteiger partial charge on any atom is 0.0696 e. The normalized spacial score (nSPS) is 32.7. The van der Waals surface area contributed by atoms with Crippen LogP contribution < -0.4 is 0 Å². The molecule has 26 heavy (non-hydrogen) atoms. The summed E-state index contributed by atoms with van der Waals surface area (Å²) in [7, 11) is 2.18. The fraction of sp³-hybridized carbons (Fsp3) is 0.478. The van der Waals surface area contributed by atoms with E-state index in [9.17, 15) is 5.11 Å². The highest BCUT2D eigenvalue weighted by atomic mass is 16.3. The molecule has 3 heteroatoms. The van der Waals surface area contributed by atoms with Crippen LogP contribution in [0.2, 0.25) is 0 Å². The van der Waals surface area contributed by atoms with Gasteiger partial charge < -0.3 is 10.0 Å². The number of hydrogen-bond donors (Lipinski definition) is 1. The quantitative estimate of drug-likeness (QED) is 0.919. The Morgan fingerprint density at radius 2 is 1.23 bits per heavy atom. The lowest BCUT2D eigenvalue weighted by atomic mass is 9.62. The average molecular weight is 351 g/mol. The van der Waals surface area contributed by atoms with Gasteiger partial charge in [0.25, 0.3) is 0 Å². The molecule has 138 valence electrons. The summed E-state index contributed by atoms with van der Waals surface area (Å²) in [5.74, 6) is 0. The van der Waals surface area contributed by atoms with Crippen LogP contribution in [-0.4, -0.2) is 54.2 Å². The van der Waals surface area contributed by atoms with Gasteiger partial charge in [0.15, 0.2) is 0 Å². The molecule has 2 fully saturated rings. The second-order valence-electron chi connectivity index (χ2n) is 9.01. The van der Waals surface area contributed by atoms with Gasteiger partial charge in [0.1, 0.15) is 0 Å². The van der Waals surface area contributed by atoms with Crippen molar-refractivity contribution in [1.29, 1.82) is 0 Å². The molecule has 2 aromatic rings. The first-order valence-corrected chi connectivity index (χ1v) is 9.62. The van der Waals surface area contributed by atoms with Crippen LogP contribution in [0, 0.1) is 10.8 Å². The van der Waals surface area contributed by atoms with Crippen LogP contribution in [-0.2, 0) is 0 Å². The molecule has 2 saturated heterocycles. The van der Waals surface area contributed by atoms with Gasteiger partial charge in [-0.3, -0.25) is 4.90 Å². The van der Waals surface area contributed by atoms with E-state index in [0.29, 0.717) is 0 Å². The number of benzene rings is 2. The monoisotopic (exact) mass is 350 g/mol. The zero-order chi connectivity index (χ0) is 18.4. The maximum atomic E-state index is 11.1. The van der Waals surface area contributed by atoms with Gasteiger partial charge in [0, 0.05) is 37.0 Å². The predicted octanol–water partition coefficient (Wildman–Crippen LogP) is 3.41. The van der Waals surface area contributed by atoms with E-state index in [0.717, 1.165) is 26.2 Å². The van der Waals surface area contributed by atoms with E-state index in [4.69, 9.17) is 0 Å². The van der Waals surface area contributed by atoms with Crippen LogP contribution in [0.5, 0.6) is 0 Å². The van der Waals surface area contributed by atoms with Crippen molar-refractivity contribution in [1.82, 2.24) is 9.80 Å². The summed E-state index contributed by atoms with van der Waals surface area (Å²) in [5, 5.41) is 11.1. The van der Waals surface area contributed by atoms with Crippen LogP contribution in [0.4, 0.5) is 0 Å². The standard InChI is InChI=1S/C23H30N2O/c1-22-14-24(3)15-23(2,21(22)26)17-25(16-22)20(18-10-6-4-7-11-18)19-12-8-5-9-13-19/h4-13,20-21,26H,14-17H2,1-3H3/t22-,23-/m0/s1. The molecule has 0 aromatic heterocycles. The van der Waals surface area contributed by atoms with Crippen molar-refractivity contribution in [3.05, 3.63) is 71.8 Å². The number of rotatable bonds is 3. The highest BCUT2D eigenvalue weighted by molar-refractivity contribution is 5.32. The topological polar surface area (TPSA) is 26.7 Å². The zero-order valence-corrected chi connectivity index (χ0v) is 16.1. The van der Waals surface area contributed by atoms with Crippen molar-refractivity contribution in [3.63, 3.8) is 0 Å². The molecular formula is C23H30N2O. The number of fused-ring (bicyclic) bond motifs is 2. The number of piperidine rings is 2. The first-order chi connectivity index (χ1) is 12.4. The highest BCUT2D eigenvalue weighted by Gasteiger charge is 2.55. The van der Waals surface area contributed by atoms with Crippen molar-refractivity contribution in [2.45, 2.75) is 26.0 Å². The summed E-state index contributed by atoms with van der Waals surface area (Å²) < 4.78 is 0. The van der Waals surface area contributed by atoms with Crippen LogP contribution >= 0.6 is 0 Å². The van der Waals surface area contributed by atoms with Crippen molar-refractivity contribution in [2.24, 2.45) is 10.8 Å². The third kappa shape index (κ3) is 2.98. The Labute approximate surface area is 157 Å². The molecule has 0 radical (unpaired) electrons. The Balaban J connectivity index is 1.76. The molecular weight excluding hydrogens is 320 g/mol. The van der Waals surface area contributed by atoms with Crippen molar-refractivity contribution >= 4 is 0 Å². The number of likely N-dealkylation sites (tertiary alicyclic amines) is 2. The fourth-order valence-electron chi connectivity index (χ4n) is 5.63. The summed E-state index contributed by atoms with van der Waals surface area (Å²) in [6.07, 6.45) is -0.255. The molecule has 2 atom stereocenters. The lowest BCUT2D eigenvalue weighted by Gasteiger charge is -2.60. The first-order valence-electron chi connectivity index (χ1n) is 9.62. The van der Waals surface area contributed by atoms with Gasteiger partial charge in [-0.1, -0.05) is 74.5 Å². The maximum absolute atomic E-state index is 11.1. The van der Waals surface area contributed by atoms with Gasteiger partial charge in [-0.05, 0) is 18.2 Å². The Bertz CT molecular complexity index is 688. The minimum absolute atomic E-state index is 0.109.